The molecule has 1 aromatic rings. The molecule has 2 unspecified atom stereocenters. The van der Waals surface area contributed by atoms with Gasteiger partial charge in [0.05, 0.1) is 0 Å². The second-order valence-electron chi connectivity index (χ2n) is 4.50. The summed E-state index contributed by atoms with van der Waals surface area (Å²) < 4.78 is 13.3. The highest BCUT2D eigenvalue weighted by atomic mass is 32.2. The number of thioether (sulfide) groups is 1. The van der Waals surface area contributed by atoms with E-state index in [1.807, 2.05) is 23.9 Å². The van der Waals surface area contributed by atoms with Crippen LogP contribution in [0.5, 0.6) is 0 Å². The molecule has 1 aliphatic heterocycles. The zero-order valence-corrected chi connectivity index (χ0v) is 11.1. The number of nitrogens with one attached hydrogen (secondary N) is 1. The summed E-state index contributed by atoms with van der Waals surface area (Å²) in [6, 6.07) is 7.32. The van der Waals surface area contributed by atoms with Crippen molar-refractivity contribution in [2.45, 2.75) is 37.5 Å². The quantitative estimate of drug-likeness (QED) is 0.877. The Kier molecular flexibility index (Phi) is 4.86. The van der Waals surface area contributed by atoms with Crippen LogP contribution in [0.15, 0.2) is 24.3 Å². The molecular weight excluding hydrogens is 233 g/mol. The highest BCUT2D eigenvalue weighted by molar-refractivity contribution is 8.00. The molecule has 1 aromatic carbocycles. The van der Waals surface area contributed by atoms with Crippen LogP contribution in [0.4, 0.5) is 4.39 Å². The van der Waals surface area contributed by atoms with Crippen molar-refractivity contribution < 1.29 is 4.39 Å². The number of rotatable bonds is 4. The Labute approximate surface area is 107 Å². The van der Waals surface area contributed by atoms with Crippen molar-refractivity contribution in [1.29, 1.82) is 0 Å². The molecule has 0 aromatic heterocycles. The summed E-state index contributed by atoms with van der Waals surface area (Å²) in [5.41, 5.74) is 1.09. The first-order chi connectivity index (χ1) is 8.31. The predicted octanol–water partition coefficient (Wildman–Crippen LogP) is 3.76. The zero-order valence-electron chi connectivity index (χ0n) is 10.3. The van der Waals surface area contributed by atoms with Gasteiger partial charge < -0.3 is 5.32 Å². The number of benzene rings is 1. The van der Waals surface area contributed by atoms with Crippen molar-refractivity contribution in [3.8, 4) is 0 Å². The van der Waals surface area contributed by atoms with Gasteiger partial charge >= 0.3 is 0 Å². The summed E-state index contributed by atoms with van der Waals surface area (Å²) in [6.07, 6.45) is 3.86. The van der Waals surface area contributed by atoms with Gasteiger partial charge in [0.25, 0.3) is 0 Å². The van der Waals surface area contributed by atoms with Gasteiger partial charge in [-0.15, -0.1) is 0 Å². The second-order valence-corrected chi connectivity index (χ2v) is 5.84. The van der Waals surface area contributed by atoms with Gasteiger partial charge in [-0.3, -0.25) is 0 Å². The first-order valence-electron chi connectivity index (χ1n) is 6.41. The van der Waals surface area contributed by atoms with E-state index < -0.39 is 0 Å². The lowest BCUT2D eigenvalue weighted by atomic mass is 9.99. The lowest BCUT2D eigenvalue weighted by Crippen LogP contribution is -2.31. The van der Waals surface area contributed by atoms with Gasteiger partial charge in [-0.05, 0) is 42.8 Å². The van der Waals surface area contributed by atoms with Gasteiger partial charge in [0.2, 0.25) is 0 Å². The number of halogens is 1. The van der Waals surface area contributed by atoms with Crippen LogP contribution in [0.1, 0.15) is 37.8 Å². The summed E-state index contributed by atoms with van der Waals surface area (Å²) in [7, 11) is 0. The molecule has 0 bridgehead atoms. The van der Waals surface area contributed by atoms with Crippen molar-refractivity contribution in [3.63, 3.8) is 0 Å². The molecule has 1 heterocycles. The first kappa shape index (κ1) is 12.9. The maximum atomic E-state index is 13.3. The smallest absolute Gasteiger partial charge is 0.123 e. The molecule has 1 aliphatic rings. The Morgan fingerprint density at radius 1 is 1.47 bits per heavy atom. The molecule has 3 heteroatoms. The zero-order chi connectivity index (χ0) is 12.1. The maximum Gasteiger partial charge on any atom is 0.123 e. The minimum Gasteiger partial charge on any atom is -0.309 e. The van der Waals surface area contributed by atoms with E-state index in [2.05, 4.69) is 12.2 Å². The standard InChI is InChI=1S/C14H20FNS/c1-2-16-14(13-8-3-4-9-17-13)11-6-5-7-12(15)10-11/h5-7,10,13-14,16H,2-4,8-9H2,1H3. The van der Waals surface area contributed by atoms with E-state index in [1.165, 1.54) is 31.1 Å². The van der Waals surface area contributed by atoms with Crippen LogP contribution in [-0.2, 0) is 0 Å². The van der Waals surface area contributed by atoms with Crippen LogP contribution >= 0.6 is 11.8 Å². The van der Waals surface area contributed by atoms with Crippen LogP contribution in [0.2, 0.25) is 0 Å². The number of hydrogen-bond donors (Lipinski definition) is 1. The molecule has 1 saturated heterocycles. The Morgan fingerprint density at radius 2 is 2.35 bits per heavy atom. The van der Waals surface area contributed by atoms with E-state index in [4.69, 9.17) is 0 Å². The molecule has 0 radical (unpaired) electrons. The second kappa shape index (κ2) is 6.41. The third-order valence-corrected chi connectivity index (χ3v) is 4.68. The summed E-state index contributed by atoms with van der Waals surface area (Å²) in [5, 5.41) is 4.10. The molecule has 2 atom stereocenters. The molecule has 1 nitrogen and oxygen atoms in total. The van der Waals surface area contributed by atoms with Crippen LogP contribution in [0, 0.1) is 5.82 Å². The molecule has 2 rings (SSSR count). The predicted molar refractivity (Wildman–Crippen MR) is 72.9 cm³/mol. The minimum atomic E-state index is -0.133. The van der Waals surface area contributed by atoms with Crippen molar-refractivity contribution in [1.82, 2.24) is 5.32 Å². The summed E-state index contributed by atoms with van der Waals surface area (Å²) in [4.78, 5) is 0. The normalized spacial score (nSPS) is 22.4. The average Bonchev–Trinajstić information content (AvgIpc) is 2.37. The molecule has 0 saturated carbocycles. The van der Waals surface area contributed by atoms with E-state index in [0.717, 1.165) is 12.1 Å². The highest BCUT2D eigenvalue weighted by Gasteiger charge is 2.24. The molecule has 0 spiro atoms. The van der Waals surface area contributed by atoms with Crippen LogP contribution in [0.3, 0.4) is 0 Å². The summed E-state index contributed by atoms with van der Waals surface area (Å²) in [5.74, 6) is 1.10. The molecule has 1 N–H and O–H groups in total. The van der Waals surface area contributed by atoms with Gasteiger partial charge in [-0.2, -0.15) is 11.8 Å². The summed E-state index contributed by atoms with van der Waals surface area (Å²) in [6.45, 7) is 3.04. The average molecular weight is 253 g/mol. The van der Waals surface area contributed by atoms with Gasteiger partial charge in [0, 0.05) is 11.3 Å². The van der Waals surface area contributed by atoms with E-state index in [1.54, 1.807) is 6.07 Å². The van der Waals surface area contributed by atoms with E-state index >= 15 is 0 Å². The van der Waals surface area contributed by atoms with E-state index in [9.17, 15) is 4.39 Å². The van der Waals surface area contributed by atoms with Crippen molar-refractivity contribution in [2.24, 2.45) is 0 Å². The van der Waals surface area contributed by atoms with Gasteiger partial charge in [0.1, 0.15) is 5.82 Å². The minimum absolute atomic E-state index is 0.133. The van der Waals surface area contributed by atoms with Crippen molar-refractivity contribution >= 4 is 11.8 Å². The summed E-state index contributed by atoms with van der Waals surface area (Å²) >= 11 is 2.03. The third-order valence-electron chi connectivity index (χ3n) is 3.22. The molecule has 94 valence electrons. The van der Waals surface area contributed by atoms with Crippen LogP contribution in [-0.4, -0.2) is 17.5 Å². The van der Waals surface area contributed by atoms with Gasteiger partial charge in [-0.1, -0.05) is 25.5 Å². The fourth-order valence-corrected chi connectivity index (χ4v) is 3.87. The number of hydrogen-bond acceptors (Lipinski definition) is 2. The molecule has 17 heavy (non-hydrogen) atoms. The molecule has 0 aliphatic carbocycles. The largest absolute Gasteiger partial charge is 0.309 e. The van der Waals surface area contributed by atoms with E-state index in [0.29, 0.717) is 11.3 Å². The molecule has 1 fully saturated rings. The van der Waals surface area contributed by atoms with Crippen LogP contribution in [0.25, 0.3) is 0 Å². The lowest BCUT2D eigenvalue weighted by Gasteiger charge is -2.30. The Morgan fingerprint density at radius 3 is 3.00 bits per heavy atom. The monoisotopic (exact) mass is 253 g/mol. The lowest BCUT2D eigenvalue weighted by molar-refractivity contribution is 0.488. The fourth-order valence-electron chi connectivity index (χ4n) is 2.41. The van der Waals surface area contributed by atoms with Gasteiger partial charge in [-0.25, -0.2) is 4.39 Å². The van der Waals surface area contributed by atoms with Crippen molar-refractivity contribution in [2.75, 3.05) is 12.3 Å². The topological polar surface area (TPSA) is 12.0 Å². The Balaban J connectivity index is 2.15. The SMILES string of the molecule is CCNC(c1cccc(F)c1)C1CCCCS1. The Bertz CT molecular complexity index is 350. The molecule has 0 amide bonds. The highest BCUT2D eigenvalue weighted by Crippen LogP contribution is 2.34. The van der Waals surface area contributed by atoms with Crippen LogP contribution < -0.4 is 5.32 Å². The fraction of sp³-hybridized carbons (Fsp3) is 0.571. The van der Waals surface area contributed by atoms with Crippen molar-refractivity contribution in [3.05, 3.63) is 35.6 Å². The third kappa shape index (κ3) is 3.46. The van der Waals surface area contributed by atoms with Gasteiger partial charge in [0.15, 0.2) is 0 Å². The molecular formula is C14H20FNS. The first-order valence-corrected chi connectivity index (χ1v) is 7.46. The van der Waals surface area contributed by atoms with E-state index in [-0.39, 0.29) is 5.82 Å². The maximum absolute atomic E-state index is 13.3. The Hall–Kier alpha value is -0.540.